The molecule has 2 aromatic rings. The standard InChI is InChI=1S/C16H23N3O2/c1-11(12-6-7-12)19(8-9-20-2)10-15-18-16-13(17)4-3-5-14(16)21-15/h3-5,11-12H,6-10,17H2,1-2H3. The van der Waals surface area contributed by atoms with Gasteiger partial charge in [0.05, 0.1) is 18.8 Å². The number of para-hydroxylation sites is 1. The van der Waals surface area contributed by atoms with Crippen LogP contribution >= 0.6 is 0 Å². The normalized spacial score (nSPS) is 16.7. The number of nitrogens with zero attached hydrogens (tertiary/aromatic N) is 2. The highest BCUT2D eigenvalue weighted by Gasteiger charge is 2.32. The number of oxazole rings is 1. The highest BCUT2D eigenvalue weighted by Crippen LogP contribution is 2.35. The Kier molecular flexibility index (Phi) is 4.12. The van der Waals surface area contributed by atoms with Crippen molar-refractivity contribution in [2.24, 2.45) is 5.92 Å². The predicted molar refractivity (Wildman–Crippen MR) is 82.9 cm³/mol. The van der Waals surface area contributed by atoms with Crippen LogP contribution < -0.4 is 5.73 Å². The van der Waals surface area contributed by atoms with Crippen molar-refractivity contribution in [2.75, 3.05) is 26.0 Å². The summed E-state index contributed by atoms with van der Waals surface area (Å²) in [6.45, 7) is 4.60. The van der Waals surface area contributed by atoms with Crippen molar-refractivity contribution in [1.82, 2.24) is 9.88 Å². The van der Waals surface area contributed by atoms with Gasteiger partial charge < -0.3 is 14.9 Å². The van der Waals surface area contributed by atoms with Crippen LogP contribution in [0, 0.1) is 5.92 Å². The van der Waals surface area contributed by atoms with Crippen LogP contribution in [0.3, 0.4) is 0 Å². The van der Waals surface area contributed by atoms with Gasteiger partial charge in [0.2, 0.25) is 5.89 Å². The second-order valence-corrected chi connectivity index (χ2v) is 5.84. The average Bonchev–Trinajstić information content (AvgIpc) is 3.23. The van der Waals surface area contributed by atoms with Gasteiger partial charge >= 0.3 is 0 Å². The predicted octanol–water partition coefficient (Wildman–Crippen LogP) is 2.66. The van der Waals surface area contributed by atoms with E-state index in [2.05, 4.69) is 16.8 Å². The molecular formula is C16H23N3O2. The molecule has 0 aliphatic heterocycles. The zero-order valence-electron chi connectivity index (χ0n) is 12.7. The topological polar surface area (TPSA) is 64.5 Å². The highest BCUT2D eigenvalue weighted by molar-refractivity contribution is 5.85. The third-order valence-corrected chi connectivity index (χ3v) is 4.30. The Bertz CT molecular complexity index is 607. The van der Waals surface area contributed by atoms with E-state index in [4.69, 9.17) is 14.9 Å². The fourth-order valence-electron chi connectivity index (χ4n) is 2.77. The van der Waals surface area contributed by atoms with E-state index in [1.54, 1.807) is 7.11 Å². The SMILES string of the molecule is COCCN(Cc1nc2c(N)cccc2o1)C(C)C1CC1. The number of anilines is 1. The fraction of sp³-hybridized carbons (Fsp3) is 0.562. The first-order valence-corrected chi connectivity index (χ1v) is 7.56. The number of hydrogen-bond donors (Lipinski definition) is 1. The maximum absolute atomic E-state index is 5.94. The van der Waals surface area contributed by atoms with Gasteiger partial charge in [-0.1, -0.05) is 6.07 Å². The third-order valence-electron chi connectivity index (χ3n) is 4.30. The van der Waals surface area contributed by atoms with Crippen LogP contribution in [0.1, 0.15) is 25.7 Å². The molecule has 2 N–H and O–H groups in total. The fourth-order valence-corrected chi connectivity index (χ4v) is 2.77. The first kappa shape index (κ1) is 14.4. The summed E-state index contributed by atoms with van der Waals surface area (Å²) in [4.78, 5) is 6.94. The third kappa shape index (κ3) is 3.19. The molecule has 114 valence electrons. The van der Waals surface area contributed by atoms with Gasteiger partial charge in [-0.25, -0.2) is 4.98 Å². The van der Waals surface area contributed by atoms with E-state index in [0.29, 0.717) is 18.3 Å². The first-order chi connectivity index (χ1) is 10.2. The van der Waals surface area contributed by atoms with Crippen molar-refractivity contribution in [3.05, 3.63) is 24.1 Å². The van der Waals surface area contributed by atoms with Crippen LogP contribution in [0.4, 0.5) is 5.69 Å². The smallest absolute Gasteiger partial charge is 0.209 e. The second kappa shape index (κ2) is 6.03. The number of methoxy groups -OCH3 is 1. The number of aromatic nitrogens is 1. The average molecular weight is 289 g/mol. The minimum atomic E-state index is 0.535. The summed E-state index contributed by atoms with van der Waals surface area (Å²) in [5, 5.41) is 0. The summed E-state index contributed by atoms with van der Waals surface area (Å²) in [5.41, 5.74) is 8.13. The quantitative estimate of drug-likeness (QED) is 0.794. The van der Waals surface area contributed by atoms with Crippen molar-refractivity contribution in [1.29, 1.82) is 0 Å². The van der Waals surface area contributed by atoms with E-state index in [0.717, 1.165) is 36.1 Å². The Morgan fingerprint density at radius 1 is 1.48 bits per heavy atom. The number of rotatable bonds is 7. The van der Waals surface area contributed by atoms with Crippen LogP contribution in [0.25, 0.3) is 11.1 Å². The van der Waals surface area contributed by atoms with Crippen LogP contribution in [-0.4, -0.2) is 36.2 Å². The van der Waals surface area contributed by atoms with Crippen molar-refractivity contribution < 1.29 is 9.15 Å². The molecule has 1 aromatic carbocycles. The molecule has 0 amide bonds. The molecule has 3 rings (SSSR count). The first-order valence-electron chi connectivity index (χ1n) is 7.56. The van der Waals surface area contributed by atoms with Crippen LogP contribution in [0.15, 0.2) is 22.6 Å². The van der Waals surface area contributed by atoms with Gasteiger partial charge in [0.15, 0.2) is 5.58 Å². The van der Waals surface area contributed by atoms with E-state index in [1.165, 1.54) is 12.8 Å². The highest BCUT2D eigenvalue weighted by atomic mass is 16.5. The van der Waals surface area contributed by atoms with Crippen LogP contribution in [-0.2, 0) is 11.3 Å². The van der Waals surface area contributed by atoms with Gasteiger partial charge in [0.25, 0.3) is 0 Å². The molecule has 1 aromatic heterocycles. The lowest BCUT2D eigenvalue weighted by atomic mass is 10.2. The zero-order valence-corrected chi connectivity index (χ0v) is 12.7. The summed E-state index contributed by atoms with van der Waals surface area (Å²) in [5.74, 6) is 1.53. The lowest BCUT2D eigenvalue weighted by Gasteiger charge is -2.27. The molecule has 5 heteroatoms. The minimum Gasteiger partial charge on any atom is -0.439 e. The number of ether oxygens (including phenoxy) is 1. The molecule has 0 bridgehead atoms. The molecule has 0 radical (unpaired) electrons. The molecule has 21 heavy (non-hydrogen) atoms. The van der Waals surface area contributed by atoms with Crippen molar-refractivity contribution in [3.8, 4) is 0 Å². The van der Waals surface area contributed by atoms with Crippen LogP contribution in [0.5, 0.6) is 0 Å². The molecule has 1 unspecified atom stereocenters. The lowest BCUT2D eigenvalue weighted by molar-refractivity contribution is 0.105. The Labute approximate surface area is 125 Å². The van der Waals surface area contributed by atoms with Gasteiger partial charge in [-0.15, -0.1) is 0 Å². The summed E-state index contributed by atoms with van der Waals surface area (Å²) in [6, 6.07) is 6.19. The van der Waals surface area contributed by atoms with Crippen molar-refractivity contribution in [3.63, 3.8) is 0 Å². The molecule has 1 aliphatic carbocycles. The summed E-state index contributed by atoms with van der Waals surface area (Å²) < 4.78 is 11.1. The van der Waals surface area contributed by atoms with E-state index >= 15 is 0 Å². The Morgan fingerprint density at radius 2 is 2.29 bits per heavy atom. The van der Waals surface area contributed by atoms with Crippen molar-refractivity contribution >= 4 is 16.8 Å². The summed E-state index contributed by atoms with van der Waals surface area (Å²) in [6.07, 6.45) is 2.65. The van der Waals surface area contributed by atoms with E-state index in [-0.39, 0.29) is 0 Å². The molecule has 1 aliphatic rings. The number of benzene rings is 1. The molecular weight excluding hydrogens is 266 g/mol. The molecule has 1 heterocycles. The maximum atomic E-state index is 5.94. The summed E-state index contributed by atoms with van der Waals surface area (Å²) >= 11 is 0. The van der Waals surface area contributed by atoms with E-state index in [1.807, 2.05) is 18.2 Å². The molecule has 1 atom stereocenters. The van der Waals surface area contributed by atoms with Gasteiger partial charge in [-0.05, 0) is 37.8 Å². The molecule has 1 fully saturated rings. The van der Waals surface area contributed by atoms with Gasteiger partial charge in [-0.3, -0.25) is 4.90 Å². The molecule has 0 saturated heterocycles. The monoisotopic (exact) mass is 289 g/mol. The van der Waals surface area contributed by atoms with Gasteiger partial charge in [0, 0.05) is 19.7 Å². The number of nitrogens with two attached hydrogens (primary N) is 1. The van der Waals surface area contributed by atoms with E-state index < -0.39 is 0 Å². The second-order valence-electron chi connectivity index (χ2n) is 5.84. The Hall–Kier alpha value is -1.59. The minimum absolute atomic E-state index is 0.535. The van der Waals surface area contributed by atoms with Crippen molar-refractivity contribution in [2.45, 2.75) is 32.4 Å². The Balaban J connectivity index is 1.77. The number of hydrogen-bond acceptors (Lipinski definition) is 5. The summed E-state index contributed by atoms with van der Waals surface area (Å²) in [7, 11) is 1.74. The number of fused-ring (bicyclic) bond motifs is 1. The number of nitrogen functional groups attached to an aromatic ring is 1. The Morgan fingerprint density at radius 3 is 2.95 bits per heavy atom. The lowest BCUT2D eigenvalue weighted by Crippen LogP contribution is -2.36. The van der Waals surface area contributed by atoms with Gasteiger partial charge in [-0.2, -0.15) is 0 Å². The molecule has 1 saturated carbocycles. The largest absolute Gasteiger partial charge is 0.439 e. The van der Waals surface area contributed by atoms with Gasteiger partial charge in [0.1, 0.15) is 5.52 Å². The molecule has 5 nitrogen and oxygen atoms in total. The maximum Gasteiger partial charge on any atom is 0.209 e. The molecule has 0 spiro atoms. The zero-order chi connectivity index (χ0) is 14.8. The van der Waals surface area contributed by atoms with Crippen LogP contribution in [0.2, 0.25) is 0 Å². The van der Waals surface area contributed by atoms with E-state index in [9.17, 15) is 0 Å².